The van der Waals surface area contributed by atoms with Crippen LogP contribution in [0.3, 0.4) is 0 Å². The summed E-state index contributed by atoms with van der Waals surface area (Å²) in [5, 5.41) is 2.75. The summed E-state index contributed by atoms with van der Waals surface area (Å²) in [6.07, 6.45) is 0.632. The van der Waals surface area contributed by atoms with Crippen LogP contribution in [0.5, 0.6) is 11.5 Å². The molecule has 1 amide bonds. The van der Waals surface area contributed by atoms with E-state index in [1.165, 1.54) is 0 Å². The fourth-order valence-corrected chi connectivity index (χ4v) is 2.41. The number of rotatable bonds is 11. The first-order valence-electron chi connectivity index (χ1n) is 9.75. The molecule has 0 saturated heterocycles. The Bertz CT molecular complexity index is 843. The van der Waals surface area contributed by atoms with E-state index in [9.17, 15) is 14.4 Å². The minimum absolute atomic E-state index is 0.0982. The Hall–Kier alpha value is -3.35. The average Bonchev–Trinajstić information content (AvgIpc) is 2.75. The number of amides is 1. The van der Waals surface area contributed by atoms with E-state index in [2.05, 4.69) is 5.32 Å². The van der Waals surface area contributed by atoms with E-state index in [0.29, 0.717) is 30.0 Å². The van der Waals surface area contributed by atoms with Crippen molar-refractivity contribution in [2.45, 2.75) is 26.7 Å². The van der Waals surface area contributed by atoms with Crippen LogP contribution in [-0.4, -0.2) is 38.0 Å². The molecule has 0 aliphatic rings. The molecule has 30 heavy (non-hydrogen) atoms. The van der Waals surface area contributed by atoms with Crippen molar-refractivity contribution in [1.29, 1.82) is 0 Å². The zero-order valence-corrected chi connectivity index (χ0v) is 17.5. The standard InChI is InChI=1S/C23H27NO6/c1-16(2)23(27)24-18-8-6-17(7-9-18)21(25)15-30-22(26)5-4-14-29-20-12-10-19(28-3)11-13-20/h6-13,16H,4-5,14-15H2,1-3H3,(H,24,27). The van der Waals surface area contributed by atoms with Crippen LogP contribution in [0, 0.1) is 5.92 Å². The molecule has 0 unspecified atom stereocenters. The van der Waals surface area contributed by atoms with Crippen molar-refractivity contribution in [1.82, 2.24) is 0 Å². The molecule has 7 nitrogen and oxygen atoms in total. The highest BCUT2D eigenvalue weighted by Gasteiger charge is 2.11. The minimum Gasteiger partial charge on any atom is -0.497 e. The number of carbonyl (C=O) groups excluding carboxylic acids is 3. The van der Waals surface area contributed by atoms with Crippen LogP contribution in [0.15, 0.2) is 48.5 Å². The molecule has 0 atom stereocenters. The van der Waals surface area contributed by atoms with Crippen molar-refractivity contribution in [2.75, 3.05) is 25.6 Å². The van der Waals surface area contributed by atoms with Crippen molar-refractivity contribution >= 4 is 23.3 Å². The van der Waals surface area contributed by atoms with Gasteiger partial charge < -0.3 is 19.5 Å². The van der Waals surface area contributed by atoms with Gasteiger partial charge in [-0.15, -0.1) is 0 Å². The highest BCUT2D eigenvalue weighted by atomic mass is 16.5. The Morgan fingerprint density at radius 1 is 0.933 bits per heavy atom. The second kappa shape index (κ2) is 11.6. The van der Waals surface area contributed by atoms with Gasteiger partial charge in [-0.2, -0.15) is 0 Å². The summed E-state index contributed by atoms with van der Waals surface area (Å²) in [5.41, 5.74) is 1.02. The minimum atomic E-state index is -0.456. The second-order valence-corrected chi connectivity index (χ2v) is 6.93. The van der Waals surface area contributed by atoms with Gasteiger partial charge in [-0.05, 0) is 55.0 Å². The lowest BCUT2D eigenvalue weighted by Crippen LogP contribution is -2.18. The van der Waals surface area contributed by atoms with Crippen LogP contribution in [0.25, 0.3) is 0 Å². The van der Waals surface area contributed by atoms with E-state index in [-0.39, 0.29) is 30.6 Å². The monoisotopic (exact) mass is 413 g/mol. The van der Waals surface area contributed by atoms with Crippen molar-refractivity contribution in [2.24, 2.45) is 5.92 Å². The first kappa shape index (κ1) is 22.9. The summed E-state index contributed by atoms with van der Waals surface area (Å²) < 4.78 is 15.7. The number of anilines is 1. The summed E-state index contributed by atoms with van der Waals surface area (Å²) in [7, 11) is 1.59. The van der Waals surface area contributed by atoms with Crippen molar-refractivity contribution in [3.8, 4) is 11.5 Å². The number of hydrogen-bond donors (Lipinski definition) is 1. The molecule has 0 spiro atoms. The number of ketones is 1. The third-order valence-corrected chi connectivity index (χ3v) is 4.22. The fraction of sp³-hybridized carbons (Fsp3) is 0.348. The van der Waals surface area contributed by atoms with Crippen LogP contribution in [0.4, 0.5) is 5.69 Å². The van der Waals surface area contributed by atoms with Gasteiger partial charge in [0.2, 0.25) is 5.91 Å². The van der Waals surface area contributed by atoms with Crippen LogP contribution < -0.4 is 14.8 Å². The van der Waals surface area contributed by atoms with E-state index in [1.54, 1.807) is 69.5 Å². The molecule has 0 aliphatic heterocycles. The number of esters is 1. The zero-order valence-electron chi connectivity index (χ0n) is 17.5. The van der Waals surface area contributed by atoms with Gasteiger partial charge >= 0.3 is 5.97 Å². The fourth-order valence-electron chi connectivity index (χ4n) is 2.41. The first-order valence-corrected chi connectivity index (χ1v) is 9.75. The average molecular weight is 413 g/mol. The largest absolute Gasteiger partial charge is 0.497 e. The topological polar surface area (TPSA) is 90.9 Å². The quantitative estimate of drug-likeness (QED) is 0.342. The molecule has 2 aromatic carbocycles. The zero-order chi connectivity index (χ0) is 21.9. The number of benzene rings is 2. The lowest BCUT2D eigenvalue weighted by Gasteiger charge is -2.09. The molecule has 2 rings (SSSR count). The lowest BCUT2D eigenvalue weighted by atomic mass is 10.1. The Morgan fingerprint density at radius 3 is 2.17 bits per heavy atom. The number of hydrogen-bond acceptors (Lipinski definition) is 6. The van der Waals surface area contributed by atoms with Crippen LogP contribution in [-0.2, 0) is 14.3 Å². The highest BCUT2D eigenvalue weighted by Crippen LogP contribution is 2.17. The summed E-state index contributed by atoms with van der Waals surface area (Å²) in [6, 6.07) is 13.6. The van der Waals surface area contributed by atoms with E-state index < -0.39 is 5.97 Å². The van der Waals surface area contributed by atoms with Gasteiger partial charge in [0, 0.05) is 23.6 Å². The number of carbonyl (C=O) groups is 3. The van der Waals surface area contributed by atoms with Gasteiger partial charge in [0.25, 0.3) is 0 Å². The van der Waals surface area contributed by atoms with Gasteiger partial charge in [0.05, 0.1) is 13.7 Å². The molecular weight excluding hydrogens is 386 g/mol. The molecule has 0 heterocycles. The number of nitrogens with one attached hydrogen (secondary N) is 1. The molecule has 0 fully saturated rings. The predicted octanol–water partition coefficient (Wildman–Crippen LogP) is 3.87. The normalized spacial score (nSPS) is 10.4. The summed E-state index contributed by atoms with van der Waals surface area (Å²) in [6.45, 7) is 3.63. The lowest BCUT2D eigenvalue weighted by molar-refractivity contribution is -0.142. The van der Waals surface area contributed by atoms with E-state index >= 15 is 0 Å². The van der Waals surface area contributed by atoms with Crippen molar-refractivity contribution in [3.63, 3.8) is 0 Å². The number of Topliss-reactive ketones (excluding diaryl/α,β-unsaturated/α-hetero) is 1. The molecule has 160 valence electrons. The maximum atomic E-state index is 12.2. The molecule has 7 heteroatoms. The molecule has 0 saturated carbocycles. The van der Waals surface area contributed by atoms with Gasteiger partial charge in [-0.1, -0.05) is 13.8 Å². The maximum absolute atomic E-state index is 12.2. The summed E-state index contributed by atoms with van der Waals surface area (Å²) in [5.74, 6) is 0.436. The van der Waals surface area contributed by atoms with Crippen molar-refractivity contribution in [3.05, 3.63) is 54.1 Å². The first-order chi connectivity index (χ1) is 14.4. The Morgan fingerprint density at radius 2 is 1.57 bits per heavy atom. The third kappa shape index (κ3) is 7.58. The van der Waals surface area contributed by atoms with Crippen LogP contribution in [0.1, 0.15) is 37.0 Å². The smallest absolute Gasteiger partial charge is 0.306 e. The number of methoxy groups -OCH3 is 1. The SMILES string of the molecule is COc1ccc(OCCCC(=O)OCC(=O)c2ccc(NC(=O)C(C)C)cc2)cc1. The van der Waals surface area contributed by atoms with Crippen LogP contribution >= 0.6 is 0 Å². The third-order valence-electron chi connectivity index (χ3n) is 4.22. The molecule has 0 aliphatic carbocycles. The maximum Gasteiger partial charge on any atom is 0.306 e. The van der Waals surface area contributed by atoms with Gasteiger partial charge in [-0.3, -0.25) is 14.4 Å². The molecular formula is C23H27NO6. The summed E-state index contributed by atoms with van der Waals surface area (Å²) >= 11 is 0. The molecule has 2 aromatic rings. The molecule has 1 N–H and O–H groups in total. The van der Waals surface area contributed by atoms with Crippen molar-refractivity contribution < 1.29 is 28.6 Å². The molecule has 0 aromatic heterocycles. The van der Waals surface area contributed by atoms with Crippen LogP contribution in [0.2, 0.25) is 0 Å². The van der Waals surface area contributed by atoms with E-state index in [1.807, 2.05) is 0 Å². The van der Waals surface area contributed by atoms with Gasteiger partial charge in [0.15, 0.2) is 12.4 Å². The Balaban J connectivity index is 1.67. The Kier molecular flexibility index (Phi) is 8.87. The number of ether oxygens (including phenoxy) is 3. The van der Waals surface area contributed by atoms with Gasteiger partial charge in [0.1, 0.15) is 11.5 Å². The van der Waals surface area contributed by atoms with E-state index in [0.717, 1.165) is 5.75 Å². The summed E-state index contributed by atoms with van der Waals surface area (Å²) in [4.78, 5) is 35.7. The Labute approximate surface area is 176 Å². The van der Waals surface area contributed by atoms with Gasteiger partial charge in [-0.25, -0.2) is 0 Å². The predicted molar refractivity (Wildman–Crippen MR) is 113 cm³/mol. The van der Waals surface area contributed by atoms with E-state index in [4.69, 9.17) is 14.2 Å². The highest BCUT2D eigenvalue weighted by molar-refractivity contribution is 5.99. The second-order valence-electron chi connectivity index (χ2n) is 6.93. The molecule has 0 radical (unpaired) electrons. The molecule has 0 bridgehead atoms.